The van der Waals surface area contributed by atoms with Gasteiger partial charge in [-0.15, -0.1) is 0 Å². The van der Waals surface area contributed by atoms with E-state index in [2.05, 4.69) is 15.4 Å². The molecule has 2 aromatic rings. The molecule has 0 saturated heterocycles. The van der Waals surface area contributed by atoms with Crippen molar-refractivity contribution in [1.82, 2.24) is 19.9 Å². The van der Waals surface area contributed by atoms with Crippen LogP contribution in [0.5, 0.6) is 11.6 Å². The number of fused-ring (bicyclic) bond motifs is 1. The summed E-state index contributed by atoms with van der Waals surface area (Å²) in [6, 6.07) is 1.26. The first-order valence-corrected chi connectivity index (χ1v) is 7.34. The highest BCUT2D eigenvalue weighted by atomic mass is 16.5. The SMILES string of the molecule is C/C=C\CCCOc1cc(O)c(C(=O)NCC(=O)O)c2ncnn12. The highest BCUT2D eigenvalue weighted by Gasteiger charge is 2.21. The number of aromatic nitrogens is 3. The largest absolute Gasteiger partial charge is 0.507 e. The summed E-state index contributed by atoms with van der Waals surface area (Å²) in [6.07, 6.45) is 6.82. The van der Waals surface area contributed by atoms with Gasteiger partial charge in [-0.3, -0.25) is 9.59 Å². The molecule has 3 N–H and O–H groups in total. The summed E-state index contributed by atoms with van der Waals surface area (Å²) in [5.74, 6) is -2.06. The minimum absolute atomic E-state index is 0.0846. The Labute approximate surface area is 137 Å². The second-order valence-corrected chi connectivity index (χ2v) is 4.87. The first kappa shape index (κ1) is 17.3. The molecule has 0 fully saturated rings. The molecule has 2 rings (SSSR count). The zero-order chi connectivity index (χ0) is 17.5. The Bertz CT molecular complexity index is 769. The van der Waals surface area contributed by atoms with E-state index in [0.717, 1.165) is 12.8 Å². The fraction of sp³-hybridized carbons (Fsp3) is 0.333. The van der Waals surface area contributed by atoms with Crippen molar-refractivity contribution in [1.29, 1.82) is 0 Å². The number of amides is 1. The van der Waals surface area contributed by atoms with Crippen molar-refractivity contribution in [2.45, 2.75) is 19.8 Å². The first-order valence-electron chi connectivity index (χ1n) is 7.34. The minimum Gasteiger partial charge on any atom is -0.507 e. The van der Waals surface area contributed by atoms with Crippen molar-refractivity contribution < 1.29 is 24.5 Å². The van der Waals surface area contributed by atoms with Crippen LogP contribution in [0.4, 0.5) is 0 Å². The van der Waals surface area contributed by atoms with E-state index in [1.807, 2.05) is 19.1 Å². The van der Waals surface area contributed by atoms with Gasteiger partial charge in [0, 0.05) is 6.07 Å². The molecule has 9 heteroatoms. The molecule has 0 aliphatic rings. The van der Waals surface area contributed by atoms with Crippen LogP contribution in [-0.2, 0) is 4.79 Å². The number of pyridine rings is 1. The molecule has 0 saturated carbocycles. The van der Waals surface area contributed by atoms with Gasteiger partial charge in [0.2, 0.25) is 5.88 Å². The van der Waals surface area contributed by atoms with E-state index in [-0.39, 0.29) is 22.8 Å². The van der Waals surface area contributed by atoms with Crippen LogP contribution < -0.4 is 10.1 Å². The zero-order valence-electron chi connectivity index (χ0n) is 13.1. The van der Waals surface area contributed by atoms with Gasteiger partial charge >= 0.3 is 5.97 Å². The predicted molar refractivity (Wildman–Crippen MR) is 84.2 cm³/mol. The number of allylic oxidation sites excluding steroid dienone is 2. The Morgan fingerprint density at radius 2 is 2.25 bits per heavy atom. The lowest BCUT2D eigenvalue weighted by atomic mass is 10.2. The molecule has 0 aliphatic carbocycles. The van der Waals surface area contributed by atoms with Crippen molar-refractivity contribution in [3.63, 3.8) is 0 Å². The van der Waals surface area contributed by atoms with E-state index in [9.17, 15) is 14.7 Å². The topological polar surface area (TPSA) is 126 Å². The quantitative estimate of drug-likeness (QED) is 0.485. The van der Waals surface area contributed by atoms with Crippen molar-refractivity contribution in [3.8, 4) is 11.6 Å². The maximum absolute atomic E-state index is 12.1. The normalized spacial score (nSPS) is 11.0. The fourth-order valence-corrected chi connectivity index (χ4v) is 2.05. The maximum Gasteiger partial charge on any atom is 0.322 e. The Morgan fingerprint density at radius 1 is 1.46 bits per heavy atom. The second-order valence-electron chi connectivity index (χ2n) is 4.87. The van der Waals surface area contributed by atoms with Crippen LogP contribution >= 0.6 is 0 Å². The van der Waals surface area contributed by atoms with Gasteiger partial charge in [0.1, 0.15) is 24.2 Å². The summed E-state index contributed by atoms with van der Waals surface area (Å²) < 4.78 is 6.86. The molecular formula is C15H18N4O5. The van der Waals surface area contributed by atoms with Gasteiger partial charge in [0.15, 0.2) is 5.65 Å². The van der Waals surface area contributed by atoms with Gasteiger partial charge in [0.05, 0.1) is 6.61 Å². The standard InChI is InChI=1S/C15H18N4O5/c1-2-3-4-5-6-24-11-7-10(20)13(14-17-9-18-19(11)14)15(23)16-8-12(21)22/h2-3,7,9,20H,4-6,8H2,1H3,(H,16,23)(H,21,22)/b3-2-. The third-order valence-corrected chi connectivity index (χ3v) is 3.12. The smallest absolute Gasteiger partial charge is 0.322 e. The van der Waals surface area contributed by atoms with Gasteiger partial charge in [0.25, 0.3) is 5.91 Å². The number of carbonyl (C=O) groups excluding carboxylic acids is 1. The highest BCUT2D eigenvalue weighted by molar-refractivity contribution is 6.03. The lowest BCUT2D eigenvalue weighted by Crippen LogP contribution is -2.29. The number of carboxylic acid groups (broad SMARTS) is 1. The molecule has 128 valence electrons. The van der Waals surface area contributed by atoms with E-state index < -0.39 is 18.4 Å². The number of nitrogens with zero attached hydrogens (tertiary/aromatic N) is 3. The lowest BCUT2D eigenvalue weighted by molar-refractivity contribution is -0.135. The molecule has 0 aliphatic heterocycles. The summed E-state index contributed by atoms with van der Waals surface area (Å²) in [7, 11) is 0. The van der Waals surface area contributed by atoms with Crippen LogP contribution in [0.15, 0.2) is 24.5 Å². The predicted octanol–water partition coefficient (Wildman–Crippen LogP) is 0.984. The summed E-state index contributed by atoms with van der Waals surface area (Å²) in [4.78, 5) is 26.5. The number of nitrogens with one attached hydrogen (secondary N) is 1. The number of aromatic hydroxyl groups is 1. The lowest BCUT2D eigenvalue weighted by Gasteiger charge is -2.11. The van der Waals surface area contributed by atoms with Crippen LogP contribution in [0.1, 0.15) is 30.1 Å². The molecule has 2 heterocycles. The first-order chi connectivity index (χ1) is 11.5. The van der Waals surface area contributed by atoms with E-state index in [1.54, 1.807) is 0 Å². The average molecular weight is 334 g/mol. The molecule has 0 aromatic carbocycles. The molecule has 2 aromatic heterocycles. The summed E-state index contributed by atoms with van der Waals surface area (Å²) >= 11 is 0. The van der Waals surface area contributed by atoms with E-state index in [1.165, 1.54) is 16.9 Å². The van der Waals surface area contributed by atoms with Gasteiger partial charge < -0.3 is 20.3 Å². The highest BCUT2D eigenvalue weighted by Crippen LogP contribution is 2.27. The molecule has 9 nitrogen and oxygen atoms in total. The van der Waals surface area contributed by atoms with Crippen molar-refractivity contribution in [3.05, 3.63) is 30.1 Å². The number of hydrogen-bond donors (Lipinski definition) is 3. The number of aliphatic carboxylic acids is 1. The number of carbonyl (C=O) groups is 2. The van der Waals surface area contributed by atoms with E-state index in [0.29, 0.717) is 6.61 Å². The zero-order valence-corrected chi connectivity index (χ0v) is 13.1. The number of unbranched alkanes of at least 4 members (excludes halogenated alkanes) is 1. The molecule has 0 atom stereocenters. The maximum atomic E-state index is 12.1. The van der Waals surface area contributed by atoms with Crippen molar-refractivity contribution >= 4 is 17.5 Å². The monoisotopic (exact) mass is 334 g/mol. The summed E-state index contributed by atoms with van der Waals surface area (Å²) in [5.41, 5.74) is -0.0728. The second kappa shape index (κ2) is 7.95. The third-order valence-electron chi connectivity index (χ3n) is 3.12. The van der Waals surface area contributed by atoms with Crippen molar-refractivity contribution in [2.75, 3.05) is 13.2 Å². The van der Waals surface area contributed by atoms with E-state index in [4.69, 9.17) is 9.84 Å². The van der Waals surface area contributed by atoms with E-state index >= 15 is 0 Å². The molecule has 0 radical (unpaired) electrons. The molecule has 24 heavy (non-hydrogen) atoms. The van der Waals surface area contributed by atoms with Crippen LogP contribution in [0.25, 0.3) is 5.65 Å². The van der Waals surface area contributed by atoms with Gasteiger partial charge in [-0.25, -0.2) is 4.98 Å². The summed E-state index contributed by atoms with van der Waals surface area (Å²) in [6.45, 7) is 1.77. The molecule has 1 amide bonds. The van der Waals surface area contributed by atoms with Gasteiger partial charge in [-0.1, -0.05) is 12.2 Å². The number of ether oxygens (including phenoxy) is 1. The molecular weight excluding hydrogens is 316 g/mol. The Morgan fingerprint density at radius 3 is 2.96 bits per heavy atom. The Hall–Kier alpha value is -3.10. The number of hydrogen-bond acceptors (Lipinski definition) is 6. The van der Waals surface area contributed by atoms with Crippen LogP contribution in [-0.4, -0.2) is 49.8 Å². The van der Waals surface area contributed by atoms with Crippen LogP contribution in [0, 0.1) is 0 Å². The summed E-state index contributed by atoms with van der Waals surface area (Å²) in [5, 5.41) is 24.9. The van der Waals surface area contributed by atoms with Crippen LogP contribution in [0.2, 0.25) is 0 Å². The fourth-order valence-electron chi connectivity index (χ4n) is 2.05. The van der Waals surface area contributed by atoms with Gasteiger partial charge in [-0.2, -0.15) is 9.61 Å². The van der Waals surface area contributed by atoms with Gasteiger partial charge in [-0.05, 0) is 19.8 Å². The average Bonchev–Trinajstić information content (AvgIpc) is 3.01. The Kier molecular flexibility index (Phi) is 5.72. The van der Waals surface area contributed by atoms with Crippen molar-refractivity contribution in [2.24, 2.45) is 0 Å². The molecule has 0 spiro atoms. The number of rotatable bonds is 8. The third kappa shape index (κ3) is 4.00. The van der Waals surface area contributed by atoms with Crippen LogP contribution in [0.3, 0.4) is 0 Å². The molecule has 0 unspecified atom stereocenters. The Balaban J connectivity index is 2.22. The number of carboxylic acids is 1. The molecule has 0 bridgehead atoms. The minimum atomic E-state index is -1.19.